The molecule has 1 aromatic carbocycles. The Morgan fingerprint density at radius 2 is 1.96 bits per heavy atom. The van der Waals surface area contributed by atoms with E-state index in [1.54, 1.807) is 11.3 Å². The molecule has 0 saturated heterocycles. The Morgan fingerprint density at radius 1 is 1.08 bits per heavy atom. The van der Waals surface area contributed by atoms with Gasteiger partial charge in [-0.25, -0.2) is 4.98 Å². The molecule has 0 radical (unpaired) electrons. The Kier molecular flexibility index (Phi) is 3.28. The molecule has 5 nitrogen and oxygen atoms in total. The summed E-state index contributed by atoms with van der Waals surface area (Å²) in [6, 6.07) is 5.77. The molecule has 0 spiro atoms. The summed E-state index contributed by atoms with van der Waals surface area (Å²) in [4.78, 5) is 11.3. The predicted octanol–water partition coefficient (Wildman–Crippen LogP) is 4.70. The van der Waals surface area contributed by atoms with Crippen LogP contribution in [0.4, 0.5) is 11.5 Å². The molecule has 3 heterocycles. The van der Waals surface area contributed by atoms with Gasteiger partial charge in [-0.3, -0.25) is 0 Å². The largest absolute Gasteiger partial charge is 0.454 e. The van der Waals surface area contributed by atoms with Gasteiger partial charge >= 0.3 is 0 Å². The molecule has 24 heavy (non-hydrogen) atoms. The van der Waals surface area contributed by atoms with Gasteiger partial charge in [0.05, 0.1) is 5.39 Å². The molecule has 3 aromatic rings. The van der Waals surface area contributed by atoms with Crippen LogP contribution in [0.5, 0.6) is 11.5 Å². The van der Waals surface area contributed by atoms with E-state index in [-0.39, 0.29) is 12.1 Å². The Bertz CT molecular complexity index is 957. The van der Waals surface area contributed by atoms with Crippen molar-refractivity contribution in [3.63, 3.8) is 0 Å². The first kappa shape index (κ1) is 14.3. The summed E-state index contributed by atoms with van der Waals surface area (Å²) in [7, 11) is 0. The van der Waals surface area contributed by atoms with Gasteiger partial charge in [-0.05, 0) is 55.0 Å². The molecule has 0 unspecified atom stereocenters. The zero-order valence-corrected chi connectivity index (χ0v) is 14.3. The topological polar surface area (TPSA) is 56.3 Å². The van der Waals surface area contributed by atoms with E-state index < -0.39 is 0 Å². The van der Waals surface area contributed by atoms with Crippen molar-refractivity contribution in [1.29, 1.82) is 0 Å². The van der Waals surface area contributed by atoms with Crippen LogP contribution in [-0.4, -0.2) is 16.8 Å². The Balaban J connectivity index is 1.62. The van der Waals surface area contributed by atoms with Gasteiger partial charge in [0.1, 0.15) is 10.6 Å². The first-order valence-electron chi connectivity index (χ1n) is 7.92. The van der Waals surface area contributed by atoms with Crippen LogP contribution in [0.15, 0.2) is 18.2 Å². The number of nitrogens with zero attached hydrogens (tertiary/aromatic N) is 2. The number of aromatic nitrogens is 2. The Morgan fingerprint density at radius 3 is 2.92 bits per heavy atom. The molecule has 1 aliphatic carbocycles. The first-order chi connectivity index (χ1) is 11.8. The highest BCUT2D eigenvalue weighted by molar-refractivity contribution is 7.19. The molecule has 0 fully saturated rings. The first-order valence-corrected chi connectivity index (χ1v) is 9.12. The number of thiophene rings is 1. The second-order valence-electron chi connectivity index (χ2n) is 5.93. The van der Waals surface area contributed by atoms with Gasteiger partial charge in [0.2, 0.25) is 12.1 Å². The Hall–Kier alpha value is -2.05. The standard InChI is InChI=1S/C17H14ClN3O2S/c18-17-20-15(19-9-5-6-11-12(7-9)23-8-22-11)14-10-3-1-2-4-13(10)24-16(14)21-17/h5-7H,1-4,8H2,(H,19,20,21). The van der Waals surface area contributed by atoms with Crippen molar-refractivity contribution in [2.24, 2.45) is 0 Å². The zero-order valence-electron chi connectivity index (χ0n) is 12.8. The summed E-state index contributed by atoms with van der Waals surface area (Å²) in [6.07, 6.45) is 4.66. The third kappa shape index (κ3) is 2.29. The highest BCUT2D eigenvalue weighted by Gasteiger charge is 2.21. The monoisotopic (exact) mass is 359 g/mol. The number of hydrogen-bond acceptors (Lipinski definition) is 6. The molecule has 0 bridgehead atoms. The summed E-state index contributed by atoms with van der Waals surface area (Å²) in [5.74, 6) is 2.27. The molecule has 0 amide bonds. The molecular formula is C17H14ClN3O2S. The fourth-order valence-corrected chi connectivity index (χ4v) is 4.81. The van der Waals surface area contributed by atoms with Crippen molar-refractivity contribution in [2.45, 2.75) is 25.7 Å². The van der Waals surface area contributed by atoms with Crippen LogP contribution in [0.1, 0.15) is 23.3 Å². The fourth-order valence-electron chi connectivity index (χ4n) is 3.33. The molecule has 2 aliphatic rings. The SMILES string of the molecule is Clc1nc(Nc2ccc3c(c2)OCO3)c2c3c(sc2n1)CCCC3. The molecule has 2 aromatic heterocycles. The van der Waals surface area contributed by atoms with Crippen molar-refractivity contribution in [1.82, 2.24) is 9.97 Å². The summed E-state index contributed by atoms with van der Waals surface area (Å²) in [5, 5.41) is 4.77. The van der Waals surface area contributed by atoms with Crippen molar-refractivity contribution in [3.8, 4) is 11.5 Å². The molecule has 1 N–H and O–H groups in total. The van der Waals surface area contributed by atoms with E-state index in [2.05, 4.69) is 15.3 Å². The van der Waals surface area contributed by atoms with E-state index in [4.69, 9.17) is 21.1 Å². The van der Waals surface area contributed by atoms with Crippen LogP contribution < -0.4 is 14.8 Å². The van der Waals surface area contributed by atoms with Crippen LogP contribution >= 0.6 is 22.9 Å². The Labute approximate surface area is 147 Å². The fraction of sp³-hybridized carbons (Fsp3) is 0.294. The lowest BCUT2D eigenvalue weighted by molar-refractivity contribution is 0.174. The van der Waals surface area contributed by atoms with Crippen LogP contribution in [0.3, 0.4) is 0 Å². The average Bonchev–Trinajstić information content (AvgIpc) is 3.17. The van der Waals surface area contributed by atoms with Crippen molar-refractivity contribution >= 4 is 44.7 Å². The molecule has 7 heteroatoms. The lowest BCUT2D eigenvalue weighted by Gasteiger charge is -2.13. The molecule has 122 valence electrons. The maximum atomic E-state index is 6.15. The van der Waals surface area contributed by atoms with Crippen LogP contribution in [0.2, 0.25) is 5.28 Å². The van der Waals surface area contributed by atoms with E-state index in [1.807, 2.05) is 18.2 Å². The maximum Gasteiger partial charge on any atom is 0.231 e. The number of benzene rings is 1. The van der Waals surface area contributed by atoms with Gasteiger partial charge in [-0.15, -0.1) is 11.3 Å². The number of rotatable bonds is 2. The van der Waals surface area contributed by atoms with E-state index in [1.165, 1.54) is 23.3 Å². The van der Waals surface area contributed by atoms with Crippen molar-refractivity contribution in [3.05, 3.63) is 33.9 Å². The molecular weight excluding hydrogens is 346 g/mol. The number of nitrogens with one attached hydrogen (secondary N) is 1. The quantitative estimate of drug-likeness (QED) is 0.672. The van der Waals surface area contributed by atoms with Gasteiger partial charge in [-0.1, -0.05) is 0 Å². The molecule has 0 saturated carbocycles. The third-order valence-electron chi connectivity index (χ3n) is 4.42. The molecule has 1 aliphatic heterocycles. The smallest absolute Gasteiger partial charge is 0.231 e. The van der Waals surface area contributed by atoms with E-state index in [9.17, 15) is 0 Å². The second kappa shape index (κ2) is 5.50. The zero-order chi connectivity index (χ0) is 16.1. The third-order valence-corrected chi connectivity index (χ3v) is 5.78. The van der Waals surface area contributed by atoms with Crippen molar-refractivity contribution in [2.75, 3.05) is 12.1 Å². The highest BCUT2D eigenvalue weighted by Crippen LogP contribution is 2.41. The minimum Gasteiger partial charge on any atom is -0.454 e. The number of fused-ring (bicyclic) bond motifs is 4. The number of ether oxygens (including phenoxy) is 2. The summed E-state index contributed by atoms with van der Waals surface area (Å²) < 4.78 is 10.8. The van der Waals surface area contributed by atoms with Gasteiger partial charge in [0.15, 0.2) is 11.5 Å². The molecule has 5 rings (SSSR count). The van der Waals surface area contributed by atoms with Gasteiger partial charge in [-0.2, -0.15) is 4.98 Å². The lowest BCUT2D eigenvalue weighted by Crippen LogP contribution is -2.01. The lowest BCUT2D eigenvalue weighted by atomic mass is 9.97. The van der Waals surface area contributed by atoms with Gasteiger partial charge < -0.3 is 14.8 Å². The van der Waals surface area contributed by atoms with Crippen LogP contribution in [0, 0.1) is 0 Å². The number of aryl methyl sites for hydroxylation is 2. The number of hydrogen-bond donors (Lipinski definition) is 1. The van der Waals surface area contributed by atoms with E-state index >= 15 is 0 Å². The summed E-state index contributed by atoms with van der Waals surface area (Å²) in [5.41, 5.74) is 2.27. The highest BCUT2D eigenvalue weighted by atomic mass is 35.5. The van der Waals surface area contributed by atoms with E-state index in [0.29, 0.717) is 0 Å². The van der Waals surface area contributed by atoms with Crippen LogP contribution in [-0.2, 0) is 12.8 Å². The number of anilines is 2. The number of halogens is 1. The normalized spacial score (nSPS) is 15.5. The predicted molar refractivity (Wildman–Crippen MR) is 94.9 cm³/mol. The van der Waals surface area contributed by atoms with Crippen LogP contribution in [0.25, 0.3) is 10.2 Å². The van der Waals surface area contributed by atoms with E-state index in [0.717, 1.165) is 46.1 Å². The minimum atomic E-state index is 0.264. The van der Waals surface area contributed by atoms with Crippen molar-refractivity contribution < 1.29 is 9.47 Å². The van der Waals surface area contributed by atoms with Gasteiger partial charge in [0.25, 0.3) is 0 Å². The second-order valence-corrected chi connectivity index (χ2v) is 7.35. The minimum absolute atomic E-state index is 0.264. The maximum absolute atomic E-state index is 6.15. The summed E-state index contributed by atoms with van der Waals surface area (Å²) in [6.45, 7) is 0.264. The average molecular weight is 360 g/mol. The van der Waals surface area contributed by atoms with Gasteiger partial charge in [0, 0.05) is 16.6 Å². The summed E-state index contributed by atoms with van der Waals surface area (Å²) >= 11 is 7.89. The molecule has 0 atom stereocenters.